The predicted molar refractivity (Wildman–Crippen MR) is 86.4 cm³/mol. The largest absolute Gasteiger partial charge is 0.480 e. The fraction of sp³-hybridized carbons (Fsp3) is 0.944. The molecule has 0 spiro atoms. The van der Waals surface area contributed by atoms with Crippen molar-refractivity contribution in [3.8, 4) is 0 Å². The minimum Gasteiger partial charge on any atom is -0.480 e. The normalized spacial score (nSPS) is 33.2. The molecule has 21 heavy (non-hydrogen) atoms. The highest BCUT2D eigenvalue weighted by Crippen LogP contribution is 2.50. The van der Waals surface area contributed by atoms with Crippen LogP contribution in [0.4, 0.5) is 0 Å². The van der Waals surface area contributed by atoms with E-state index in [0.29, 0.717) is 16.9 Å². The van der Waals surface area contributed by atoms with Gasteiger partial charge in [0.15, 0.2) is 0 Å². The van der Waals surface area contributed by atoms with Gasteiger partial charge in [-0.25, -0.2) is 0 Å². The Morgan fingerprint density at radius 1 is 1.19 bits per heavy atom. The van der Waals surface area contributed by atoms with Crippen molar-refractivity contribution in [1.29, 1.82) is 0 Å². The van der Waals surface area contributed by atoms with Crippen molar-refractivity contribution in [3.05, 3.63) is 0 Å². The minimum atomic E-state index is -0.594. The molecule has 2 fully saturated rings. The van der Waals surface area contributed by atoms with E-state index < -0.39 is 11.5 Å². The topological polar surface area (TPSA) is 40.5 Å². The Kier molecular flexibility index (Phi) is 4.45. The van der Waals surface area contributed by atoms with Crippen LogP contribution in [0.3, 0.4) is 0 Å². The second-order valence-corrected chi connectivity index (χ2v) is 8.95. The molecular formula is C18H33NO2. The summed E-state index contributed by atoms with van der Waals surface area (Å²) in [6, 6.07) is 0.425. The zero-order chi connectivity index (χ0) is 15.9. The molecule has 0 aromatic heterocycles. The van der Waals surface area contributed by atoms with E-state index in [9.17, 15) is 9.90 Å². The molecule has 0 amide bonds. The summed E-state index contributed by atoms with van der Waals surface area (Å²) < 4.78 is 0. The fourth-order valence-electron chi connectivity index (χ4n) is 5.46. The second kappa shape index (κ2) is 5.57. The molecule has 0 aromatic rings. The highest BCUT2D eigenvalue weighted by atomic mass is 16.4. The van der Waals surface area contributed by atoms with Crippen LogP contribution in [0.2, 0.25) is 0 Å². The van der Waals surface area contributed by atoms with Crippen LogP contribution in [-0.4, -0.2) is 34.1 Å². The molecule has 1 heterocycles. The van der Waals surface area contributed by atoms with Crippen molar-refractivity contribution in [2.45, 2.75) is 91.1 Å². The van der Waals surface area contributed by atoms with Gasteiger partial charge in [-0.05, 0) is 55.9 Å². The fourth-order valence-corrected chi connectivity index (χ4v) is 5.46. The van der Waals surface area contributed by atoms with Gasteiger partial charge in [-0.2, -0.15) is 0 Å². The first-order valence-corrected chi connectivity index (χ1v) is 8.62. The molecule has 0 aromatic carbocycles. The third-order valence-corrected chi connectivity index (χ3v) is 5.58. The van der Waals surface area contributed by atoms with Gasteiger partial charge in [0.05, 0.1) is 0 Å². The number of aliphatic carboxylic acids is 1. The number of nitrogens with zero attached hydrogens (tertiary/aromatic N) is 1. The maximum atomic E-state index is 12.0. The molecule has 1 atom stereocenters. The zero-order valence-electron chi connectivity index (χ0n) is 14.5. The number of carbonyl (C=O) groups is 1. The van der Waals surface area contributed by atoms with Crippen molar-refractivity contribution in [2.75, 3.05) is 6.54 Å². The summed E-state index contributed by atoms with van der Waals surface area (Å²) in [6.45, 7) is 12.5. The van der Waals surface area contributed by atoms with Gasteiger partial charge < -0.3 is 5.11 Å². The van der Waals surface area contributed by atoms with E-state index in [1.807, 2.05) is 0 Å². The molecule has 1 saturated carbocycles. The van der Waals surface area contributed by atoms with Crippen molar-refractivity contribution in [2.24, 2.45) is 10.8 Å². The first-order chi connectivity index (χ1) is 9.62. The van der Waals surface area contributed by atoms with Gasteiger partial charge in [-0.15, -0.1) is 0 Å². The first kappa shape index (κ1) is 16.8. The Bertz CT molecular complexity index is 386. The molecule has 1 saturated heterocycles. The quantitative estimate of drug-likeness (QED) is 0.840. The van der Waals surface area contributed by atoms with Gasteiger partial charge in [0.2, 0.25) is 0 Å². The standard InChI is InChI=1S/C18H33NO2/c1-6-8-18(15(20)21)9-7-10-19(18)14-11-16(2,3)13-17(4,5)12-14/h14H,6-13H2,1-5H3,(H,20,21). The average molecular weight is 295 g/mol. The van der Waals surface area contributed by atoms with E-state index in [2.05, 4.69) is 39.5 Å². The molecule has 1 N–H and O–H groups in total. The molecule has 1 unspecified atom stereocenters. The molecule has 2 aliphatic rings. The van der Waals surface area contributed by atoms with Gasteiger partial charge in [0.1, 0.15) is 5.54 Å². The first-order valence-electron chi connectivity index (χ1n) is 8.62. The summed E-state index contributed by atoms with van der Waals surface area (Å²) in [5.74, 6) is -0.594. The number of hydrogen-bond acceptors (Lipinski definition) is 2. The Morgan fingerprint density at radius 2 is 1.76 bits per heavy atom. The highest BCUT2D eigenvalue weighted by molar-refractivity contribution is 5.79. The lowest BCUT2D eigenvalue weighted by Crippen LogP contribution is -2.57. The average Bonchev–Trinajstić information content (AvgIpc) is 2.70. The summed E-state index contributed by atoms with van der Waals surface area (Å²) in [7, 11) is 0. The van der Waals surface area contributed by atoms with Crippen LogP contribution in [0, 0.1) is 10.8 Å². The minimum absolute atomic E-state index is 0.311. The van der Waals surface area contributed by atoms with E-state index in [1.165, 1.54) is 6.42 Å². The Morgan fingerprint density at radius 3 is 2.24 bits per heavy atom. The van der Waals surface area contributed by atoms with Crippen LogP contribution in [0.15, 0.2) is 0 Å². The molecule has 0 bridgehead atoms. The highest BCUT2D eigenvalue weighted by Gasteiger charge is 2.52. The van der Waals surface area contributed by atoms with Crippen LogP contribution in [-0.2, 0) is 4.79 Å². The summed E-state index contributed by atoms with van der Waals surface area (Å²) in [4.78, 5) is 14.4. The number of carboxylic acid groups (broad SMARTS) is 1. The molecule has 1 aliphatic heterocycles. The van der Waals surface area contributed by atoms with E-state index in [-0.39, 0.29) is 0 Å². The van der Waals surface area contributed by atoms with Crippen LogP contribution in [0.5, 0.6) is 0 Å². The van der Waals surface area contributed by atoms with Crippen molar-refractivity contribution in [3.63, 3.8) is 0 Å². The molecular weight excluding hydrogens is 262 g/mol. The van der Waals surface area contributed by atoms with Gasteiger partial charge in [0, 0.05) is 6.04 Å². The van der Waals surface area contributed by atoms with Gasteiger partial charge in [-0.3, -0.25) is 9.69 Å². The van der Waals surface area contributed by atoms with Crippen molar-refractivity contribution in [1.82, 2.24) is 4.90 Å². The van der Waals surface area contributed by atoms with Crippen LogP contribution >= 0.6 is 0 Å². The lowest BCUT2D eigenvalue weighted by atomic mass is 9.63. The van der Waals surface area contributed by atoms with Crippen LogP contribution < -0.4 is 0 Å². The molecule has 1 aliphatic carbocycles. The number of hydrogen-bond donors (Lipinski definition) is 1. The lowest BCUT2D eigenvalue weighted by molar-refractivity contribution is -0.154. The molecule has 3 heteroatoms. The molecule has 2 rings (SSSR count). The maximum absolute atomic E-state index is 12.0. The summed E-state index contributed by atoms with van der Waals surface area (Å²) in [5, 5.41) is 9.91. The summed E-state index contributed by atoms with van der Waals surface area (Å²) >= 11 is 0. The van der Waals surface area contributed by atoms with Crippen LogP contribution in [0.25, 0.3) is 0 Å². The Hall–Kier alpha value is -0.570. The zero-order valence-corrected chi connectivity index (χ0v) is 14.5. The third kappa shape index (κ3) is 3.28. The summed E-state index contributed by atoms with van der Waals surface area (Å²) in [6.07, 6.45) is 7.10. The smallest absolute Gasteiger partial charge is 0.324 e. The van der Waals surface area contributed by atoms with Crippen LogP contribution in [0.1, 0.15) is 79.6 Å². The monoisotopic (exact) mass is 295 g/mol. The van der Waals surface area contributed by atoms with E-state index in [0.717, 1.165) is 45.1 Å². The molecule has 0 radical (unpaired) electrons. The van der Waals surface area contributed by atoms with Crippen molar-refractivity contribution >= 4 is 5.97 Å². The number of rotatable bonds is 4. The number of carboxylic acids is 1. The van der Waals surface area contributed by atoms with Gasteiger partial charge in [-0.1, -0.05) is 41.0 Å². The SMILES string of the molecule is CCCC1(C(=O)O)CCCN1C1CC(C)(C)CC(C)(C)C1. The number of likely N-dealkylation sites (tertiary alicyclic amines) is 1. The van der Waals surface area contributed by atoms with E-state index in [1.54, 1.807) is 0 Å². The lowest BCUT2D eigenvalue weighted by Gasteiger charge is -2.51. The predicted octanol–water partition coefficient (Wildman–Crippen LogP) is 4.31. The summed E-state index contributed by atoms with van der Waals surface area (Å²) in [5.41, 5.74) is 0.0276. The van der Waals surface area contributed by atoms with E-state index in [4.69, 9.17) is 0 Å². The second-order valence-electron chi connectivity index (χ2n) is 8.95. The van der Waals surface area contributed by atoms with Crippen molar-refractivity contribution < 1.29 is 9.90 Å². The Labute approximate surface area is 130 Å². The van der Waals surface area contributed by atoms with Gasteiger partial charge >= 0.3 is 5.97 Å². The third-order valence-electron chi connectivity index (χ3n) is 5.58. The Balaban J connectivity index is 2.28. The van der Waals surface area contributed by atoms with Gasteiger partial charge in [0.25, 0.3) is 0 Å². The molecule has 122 valence electrons. The van der Waals surface area contributed by atoms with E-state index >= 15 is 0 Å². The maximum Gasteiger partial charge on any atom is 0.324 e. The molecule has 3 nitrogen and oxygen atoms in total.